The summed E-state index contributed by atoms with van der Waals surface area (Å²) in [4.78, 5) is 0. The first-order chi connectivity index (χ1) is 6.59. The molecule has 14 heavy (non-hydrogen) atoms. The minimum atomic E-state index is 0.627. The van der Waals surface area contributed by atoms with Gasteiger partial charge in [0, 0.05) is 12.6 Å². The second-order valence-electron chi connectivity index (χ2n) is 5.87. The summed E-state index contributed by atoms with van der Waals surface area (Å²) in [6.07, 6.45) is 2.76. The summed E-state index contributed by atoms with van der Waals surface area (Å²) in [5.74, 6) is 1.79. The average molecular weight is 196 g/mol. The zero-order valence-corrected chi connectivity index (χ0v) is 9.77. The van der Waals surface area contributed by atoms with Gasteiger partial charge >= 0.3 is 0 Å². The molecular formula is C12H24N2. The van der Waals surface area contributed by atoms with E-state index in [1.165, 1.54) is 25.9 Å². The van der Waals surface area contributed by atoms with Crippen LogP contribution in [0.3, 0.4) is 0 Å². The van der Waals surface area contributed by atoms with E-state index in [9.17, 15) is 0 Å². The van der Waals surface area contributed by atoms with Crippen molar-refractivity contribution in [3.8, 4) is 0 Å². The molecular weight excluding hydrogens is 172 g/mol. The van der Waals surface area contributed by atoms with Crippen LogP contribution in [-0.4, -0.2) is 25.7 Å². The van der Waals surface area contributed by atoms with Gasteiger partial charge in [0.05, 0.1) is 0 Å². The normalized spacial score (nSPS) is 40.1. The van der Waals surface area contributed by atoms with E-state index in [1.807, 2.05) is 0 Å². The van der Waals surface area contributed by atoms with Crippen LogP contribution in [0.5, 0.6) is 0 Å². The van der Waals surface area contributed by atoms with Gasteiger partial charge in [0.15, 0.2) is 0 Å². The Labute approximate surface area is 87.8 Å². The highest BCUT2D eigenvalue weighted by atomic mass is 15.0. The van der Waals surface area contributed by atoms with Crippen LogP contribution in [0, 0.1) is 17.3 Å². The number of hydrogen-bond acceptors (Lipinski definition) is 2. The second kappa shape index (κ2) is 3.82. The maximum absolute atomic E-state index is 3.61. The standard InChI is InChI=1S/C12H24N2/c1-9-4-5-14-11(9)8-13-7-10-6-12(10,2)3/h9-11,13-14H,4-8H2,1-3H3. The third-order valence-corrected chi connectivity index (χ3v) is 4.17. The molecule has 2 nitrogen and oxygen atoms in total. The van der Waals surface area contributed by atoms with Crippen molar-refractivity contribution >= 4 is 0 Å². The van der Waals surface area contributed by atoms with Gasteiger partial charge in [0.1, 0.15) is 0 Å². The summed E-state index contributed by atoms with van der Waals surface area (Å²) in [7, 11) is 0. The minimum Gasteiger partial charge on any atom is -0.315 e. The Kier molecular flexibility index (Phi) is 2.85. The Balaban J connectivity index is 1.59. The van der Waals surface area contributed by atoms with Crippen molar-refractivity contribution in [2.45, 2.75) is 39.7 Å². The van der Waals surface area contributed by atoms with Crippen molar-refractivity contribution < 1.29 is 0 Å². The topological polar surface area (TPSA) is 24.1 Å². The third-order valence-electron chi connectivity index (χ3n) is 4.17. The Morgan fingerprint density at radius 2 is 2.07 bits per heavy atom. The van der Waals surface area contributed by atoms with Crippen molar-refractivity contribution in [3.05, 3.63) is 0 Å². The molecule has 0 aromatic rings. The third kappa shape index (κ3) is 2.29. The average Bonchev–Trinajstić information content (AvgIpc) is 2.53. The maximum Gasteiger partial charge on any atom is 0.0218 e. The fraction of sp³-hybridized carbons (Fsp3) is 1.00. The molecule has 1 saturated carbocycles. The van der Waals surface area contributed by atoms with Crippen molar-refractivity contribution in [2.24, 2.45) is 17.3 Å². The maximum atomic E-state index is 3.61. The van der Waals surface area contributed by atoms with Gasteiger partial charge in [-0.05, 0) is 43.2 Å². The van der Waals surface area contributed by atoms with Crippen LogP contribution >= 0.6 is 0 Å². The van der Waals surface area contributed by atoms with Crippen LogP contribution in [0.4, 0.5) is 0 Å². The molecule has 0 spiro atoms. The molecule has 0 radical (unpaired) electrons. The van der Waals surface area contributed by atoms with Crippen LogP contribution in [-0.2, 0) is 0 Å². The molecule has 3 unspecified atom stereocenters. The number of hydrogen-bond donors (Lipinski definition) is 2. The van der Waals surface area contributed by atoms with Crippen molar-refractivity contribution in [1.29, 1.82) is 0 Å². The highest BCUT2D eigenvalue weighted by molar-refractivity contribution is 4.96. The summed E-state index contributed by atoms with van der Waals surface area (Å²) in [5, 5.41) is 7.17. The lowest BCUT2D eigenvalue weighted by molar-refractivity contribution is 0.431. The summed E-state index contributed by atoms with van der Waals surface area (Å²) in [6.45, 7) is 10.7. The molecule has 0 aromatic heterocycles. The second-order valence-corrected chi connectivity index (χ2v) is 5.87. The van der Waals surface area contributed by atoms with Gasteiger partial charge in [-0.25, -0.2) is 0 Å². The molecule has 2 aliphatic rings. The van der Waals surface area contributed by atoms with Crippen molar-refractivity contribution in [1.82, 2.24) is 10.6 Å². The lowest BCUT2D eigenvalue weighted by Gasteiger charge is -2.16. The van der Waals surface area contributed by atoms with Crippen molar-refractivity contribution in [2.75, 3.05) is 19.6 Å². The summed E-state index contributed by atoms with van der Waals surface area (Å²) < 4.78 is 0. The first-order valence-corrected chi connectivity index (χ1v) is 6.04. The zero-order valence-electron chi connectivity index (χ0n) is 9.77. The minimum absolute atomic E-state index is 0.627. The van der Waals surface area contributed by atoms with Gasteiger partial charge in [-0.1, -0.05) is 20.8 Å². The molecule has 2 fully saturated rings. The van der Waals surface area contributed by atoms with Gasteiger partial charge in [0.2, 0.25) is 0 Å². The quantitative estimate of drug-likeness (QED) is 0.714. The lowest BCUT2D eigenvalue weighted by Crippen LogP contribution is -2.38. The molecule has 0 bridgehead atoms. The van der Waals surface area contributed by atoms with E-state index in [2.05, 4.69) is 31.4 Å². The van der Waals surface area contributed by atoms with Gasteiger partial charge < -0.3 is 10.6 Å². The van der Waals surface area contributed by atoms with Gasteiger partial charge in [-0.15, -0.1) is 0 Å². The first-order valence-electron chi connectivity index (χ1n) is 6.04. The molecule has 1 saturated heterocycles. The van der Waals surface area contributed by atoms with E-state index < -0.39 is 0 Å². The summed E-state index contributed by atoms with van der Waals surface area (Å²) >= 11 is 0. The Morgan fingerprint density at radius 1 is 1.36 bits per heavy atom. The van der Waals surface area contributed by atoms with E-state index in [-0.39, 0.29) is 0 Å². The summed E-state index contributed by atoms with van der Waals surface area (Å²) in [5.41, 5.74) is 0.627. The Bertz CT molecular complexity index is 200. The largest absolute Gasteiger partial charge is 0.315 e. The molecule has 2 heteroatoms. The van der Waals surface area contributed by atoms with E-state index in [0.29, 0.717) is 5.41 Å². The fourth-order valence-corrected chi connectivity index (χ4v) is 2.51. The van der Waals surface area contributed by atoms with Crippen LogP contribution in [0.2, 0.25) is 0 Å². The molecule has 3 atom stereocenters. The van der Waals surface area contributed by atoms with Crippen LogP contribution in [0.1, 0.15) is 33.6 Å². The molecule has 0 aromatic carbocycles. The first kappa shape index (κ1) is 10.4. The SMILES string of the molecule is CC1CCNC1CNCC1CC1(C)C. The predicted molar refractivity (Wildman–Crippen MR) is 60.3 cm³/mol. The number of nitrogens with one attached hydrogen (secondary N) is 2. The highest BCUT2D eigenvalue weighted by Gasteiger charge is 2.44. The molecule has 2 N–H and O–H groups in total. The molecule has 1 aliphatic heterocycles. The van der Waals surface area contributed by atoms with Gasteiger partial charge in [-0.3, -0.25) is 0 Å². The predicted octanol–water partition coefficient (Wildman–Crippen LogP) is 1.62. The smallest absolute Gasteiger partial charge is 0.0218 e. The van der Waals surface area contributed by atoms with E-state index in [0.717, 1.165) is 24.4 Å². The van der Waals surface area contributed by atoms with Crippen LogP contribution in [0.25, 0.3) is 0 Å². The van der Waals surface area contributed by atoms with Gasteiger partial charge in [-0.2, -0.15) is 0 Å². The van der Waals surface area contributed by atoms with Crippen LogP contribution in [0.15, 0.2) is 0 Å². The van der Waals surface area contributed by atoms with E-state index >= 15 is 0 Å². The molecule has 1 heterocycles. The van der Waals surface area contributed by atoms with E-state index in [1.54, 1.807) is 0 Å². The molecule has 2 rings (SSSR count). The number of rotatable bonds is 4. The zero-order chi connectivity index (χ0) is 10.2. The fourth-order valence-electron chi connectivity index (χ4n) is 2.51. The monoisotopic (exact) mass is 196 g/mol. The molecule has 1 aliphatic carbocycles. The van der Waals surface area contributed by atoms with E-state index in [4.69, 9.17) is 0 Å². The van der Waals surface area contributed by atoms with Gasteiger partial charge in [0.25, 0.3) is 0 Å². The van der Waals surface area contributed by atoms with Crippen LogP contribution < -0.4 is 10.6 Å². The Morgan fingerprint density at radius 3 is 2.57 bits per heavy atom. The highest BCUT2D eigenvalue weighted by Crippen LogP contribution is 2.50. The lowest BCUT2D eigenvalue weighted by atomic mass is 10.0. The Hall–Kier alpha value is -0.0800. The molecule has 82 valence electrons. The summed E-state index contributed by atoms with van der Waals surface area (Å²) in [6, 6.07) is 0.719. The molecule has 0 amide bonds. The van der Waals surface area contributed by atoms with Crippen molar-refractivity contribution in [3.63, 3.8) is 0 Å².